The molecule has 1 saturated heterocycles. The van der Waals surface area contributed by atoms with E-state index in [1.807, 2.05) is 86.6 Å². The first kappa shape index (κ1) is 27.5. The van der Waals surface area contributed by atoms with Crippen LogP contribution in [-0.4, -0.2) is 11.1 Å². The fourth-order valence-electron chi connectivity index (χ4n) is 3.89. The highest BCUT2D eigenvalue weighted by atomic mass is 79.9. The van der Waals surface area contributed by atoms with E-state index in [1.165, 1.54) is 11.8 Å². The number of ether oxygens (including phenoxy) is 1. The first-order valence-electron chi connectivity index (χ1n) is 12.1. The second-order valence-corrected chi connectivity index (χ2v) is 11.8. The van der Waals surface area contributed by atoms with Crippen LogP contribution in [0.1, 0.15) is 22.3 Å². The summed E-state index contributed by atoms with van der Waals surface area (Å²) in [5.41, 5.74) is 5.45. The lowest BCUT2D eigenvalue weighted by molar-refractivity contribution is -0.113. The number of nitrogens with zero attached hydrogens (tertiary/aromatic N) is 2. The highest BCUT2D eigenvalue weighted by Crippen LogP contribution is 2.40. The van der Waals surface area contributed by atoms with E-state index < -0.39 is 0 Å². The third kappa shape index (κ3) is 6.59. The summed E-state index contributed by atoms with van der Waals surface area (Å²) in [6.07, 6.45) is 1.78. The molecule has 4 aromatic rings. The number of carbonyl (C=O) groups is 1. The molecule has 0 unspecified atom stereocenters. The molecule has 4 aromatic carbocycles. The zero-order valence-corrected chi connectivity index (χ0v) is 25.0. The van der Waals surface area contributed by atoms with E-state index in [1.54, 1.807) is 23.1 Å². The Balaban J connectivity index is 1.44. The zero-order valence-electron chi connectivity index (χ0n) is 21.1. The molecule has 8 heteroatoms. The molecular weight excluding hydrogens is 615 g/mol. The van der Waals surface area contributed by atoms with Gasteiger partial charge in [0.1, 0.15) is 6.61 Å². The Hall–Kier alpha value is -3.03. The van der Waals surface area contributed by atoms with Crippen LogP contribution in [0, 0.1) is 13.8 Å². The predicted molar refractivity (Wildman–Crippen MR) is 167 cm³/mol. The maximum atomic E-state index is 13.6. The lowest BCUT2D eigenvalue weighted by Crippen LogP contribution is -2.28. The first-order valence-corrected chi connectivity index (χ1v) is 14.5. The number of aliphatic imine (C=N–C) groups is 1. The van der Waals surface area contributed by atoms with Gasteiger partial charge in [-0.25, -0.2) is 4.99 Å². The molecule has 0 radical (unpaired) electrons. The number of amidine groups is 1. The molecule has 0 aliphatic carbocycles. The van der Waals surface area contributed by atoms with Gasteiger partial charge in [-0.15, -0.1) is 0 Å². The normalized spacial score (nSPS) is 15.4. The summed E-state index contributed by atoms with van der Waals surface area (Å²) < 4.78 is 6.91. The van der Waals surface area contributed by atoms with Gasteiger partial charge < -0.3 is 4.74 Å². The number of hydrogen-bond acceptors (Lipinski definition) is 4. The van der Waals surface area contributed by atoms with Crippen molar-refractivity contribution in [3.05, 3.63) is 127 Å². The molecule has 0 aromatic heterocycles. The Morgan fingerprint density at radius 2 is 1.49 bits per heavy atom. The molecule has 5 rings (SSSR count). The van der Waals surface area contributed by atoms with Crippen molar-refractivity contribution in [2.24, 2.45) is 4.99 Å². The molecule has 0 saturated carbocycles. The van der Waals surface area contributed by atoms with Gasteiger partial charge in [0, 0.05) is 4.47 Å². The number of aryl methyl sites for hydroxylation is 2. The molecule has 0 atom stereocenters. The number of anilines is 1. The molecular formula is C31H23BrCl2N2O2S. The van der Waals surface area contributed by atoms with Crippen LogP contribution in [0.25, 0.3) is 6.08 Å². The van der Waals surface area contributed by atoms with E-state index in [9.17, 15) is 4.79 Å². The summed E-state index contributed by atoms with van der Waals surface area (Å²) in [6, 6.07) is 27.0. The van der Waals surface area contributed by atoms with E-state index in [4.69, 9.17) is 32.9 Å². The van der Waals surface area contributed by atoms with Crippen molar-refractivity contribution in [1.82, 2.24) is 0 Å². The van der Waals surface area contributed by atoms with Gasteiger partial charge in [-0.1, -0.05) is 86.7 Å². The molecule has 1 fully saturated rings. The molecule has 0 bridgehead atoms. The van der Waals surface area contributed by atoms with Crippen molar-refractivity contribution in [2.45, 2.75) is 20.5 Å². The molecule has 0 N–H and O–H groups in total. The van der Waals surface area contributed by atoms with Crippen molar-refractivity contribution >= 4 is 79.4 Å². The SMILES string of the molecule is Cc1ccc(N=C2S/C(=C\c3cc(Cl)c(OCc4ccc(Br)cc4)c(Cl)c3)C(=O)N2c2ccc(C)cc2)cc1. The minimum absolute atomic E-state index is 0.169. The standard InChI is InChI=1S/C31H23BrCl2N2O2S/c1-19-3-11-24(12-4-19)35-31-36(25-13-5-20(2)6-14-25)30(37)28(39-31)17-22-15-26(33)29(27(34)16-22)38-18-21-7-9-23(32)10-8-21/h3-17H,18H2,1-2H3/b28-17-,35-31?. The quantitative estimate of drug-likeness (QED) is 0.198. The Labute approximate surface area is 250 Å². The third-order valence-electron chi connectivity index (χ3n) is 5.97. The Morgan fingerprint density at radius 3 is 2.10 bits per heavy atom. The third-order valence-corrected chi connectivity index (χ3v) is 8.03. The van der Waals surface area contributed by atoms with E-state index >= 15 is 0 Å². The van der Waals surface area contributed by atoms with Gasteiger partial charge >= 0.3 is 0 Å². The topological polar surface area (TPSA) is 41.9 Å². The van der Waals surface area contributed by atoms with Gasteiger partial charge in [-0.05, 0) is 91.3 Å². The maximum absolute atomic E-state index is 13.6. The molecule has 1 heterocycles. The second kappa shape index (κ2) is 12.0. The molecule has 1 amide bonds. The van der Waals surface area contributed by atoms with E-state index in [0.717, 1.165) is 32.5 Å². The van der Waals surface area contributed by atoms with Gasteiger partial charge in [0.15, 0.2) is 10.9 Å². The van der Waals surface area contributed by atoms with Crippen molar-refractivity contribution < 1.29 is 9.53 Å². The van der Waals surface area contributed by atoms with Gasteiger partial charge in [0.2, 0.25) is 0 Å². The fraction of sp³-hybridized carbons (Fsp3) is 0.0968. The van der Waals surface area contributed by atoms with Crippen LogP contribution >= 0.6 is 50.9 Å². The maximum Gasteiger partial charge on any atom is 0.271 e. The predicted octanol–water partition coefficient (Wildman–Crippen LogP) is 9.76. The van der Waals surface area contributed by atoms with E-state index in [-0.39, 0.29) is 5.91 Å². The lowest BCUT2D eigenvalue weighted by atomic mass is 10.2. The summed E-state index contributed by atoms with van der Waals surface area (Å²) in [7, 11) is 0. The van der Waals surface area contributed by atoms with Crippen LogP contribution < -0.4 is 9.64 Å². The van der Waals surface area contributed by atoms with Crippen molar-refractivity contribution in [3.63, 3.8) is 0 Å². The average Bonchev–Trinajstić information content (AvgIpc) is 3.20. The van der Waals surface area contributed by atoms with Crippen molar-refractivity contribution in [1.29, 1.82) is 0 Å². The molecule has 1 aliphatic rings. The number of benzene rings is 4. The number of halogens is 3. The van der Waals surface area contributed by atoms with Crippen LogP contribution in [0.5, 0.6) is 5.75 Å². The fourth-order valence-corrected chi connectivity index (χ4v) is 5.77. The van der Waals surface area contributed by atoms with Gasteiger partial charge in [-0.3, -0.25) is 9.69 Å². The minimum Gasteiger partial charge on any atom is -0.486 e. The van der Waals surface area contributed by atoms with Crippen LogP contribution in [0.2, 0.25) is 10.0 Å². The van der Waals surface area contributed by atoms with E-state index in [0.29, 0.717) is 38.0 Å². The molecule has 1 aliphatic heterocycles. The minimum atomic E-state index is -0.169. The van der Waals surface area contributed by atoms with E-state index in [2.05, 4.69) is 15.9 Å². The lowest BCUT2D eigenvalue weighted by Gasteiger charge is -2.16. The Kier molecular flexibility index (Phi) is 8.48. The number of carbonyl (C=O) groups excluding carboxylic acids is 1. The number of hydrogen-bond donors (Lipinski definition) is 0. The number of thioether (sulfide) groups is 1. The van der Waals surface area contributed by atoms with Crippen LogP contribution in [0.4, 0.5) is 11.4 Å². The summed E-state index contributed by atoms with van der Waals surface area (Å²) in [5.74, 6) is 0.231. The second-order valence-electron chi connectivity index (χ2n) is 9.05. The first-order chi connectivity index (χ1) is 18.8. The molecule has 196 valence electrons. The van der Waals surface area contributed by atoms with Crippen LogP contribution in [0.3, 0.4) is 0 Å². The summed E-state index contributed by atoms with van der Waals surface area (Å²) in [6.45, 7) is 4.36. The number of rotatable bonds is 6. The summed E-state index contributed by atoms with van der Waals surface area (Å²) >= 11 is 17.9. The molecule has 0 spiro atoms. The van der Waals surface area contributed by atoms with Crippen LogP contribution in [0.15, 0.2) is 99.3 Å². The highest BCUT2D eigenvalue weighted by Gasteiger charge is 2.34. The summed E-state index contributed by atoms with van der Waals surface area (Å²) in [5, 5.41) is 1.31. The number of amides is 1. The van der Waals surface area contributed by atoms with Crippen molar-refractivity contribution in [3.8, 4) is 5.75 Å². The largest absolute Gasteiger partial charge is 0.486 e. The Bertz CT molecular complexity index is 1560. The zero-order chi connectivity index (χ0) is 27.5. The van der Waals surface area contributed by atoms with Gasteiger partial charge in [-0.2, -0.15) is 0 Å². The van der Waals surface area contributed by atoms with Crippen LogP contribution in [-0.2, 0) is 11.4 Å². The van der Waals surface area contributed by atoms with Gasteiger partial charge in [0.05, 0.1) is 26.3 Å². The van der Waals surface area contributed by atoms with Gasteiger partial charge in [0.25, 0.3) is 5.91 Å². The Morgan fingerprint density at radius 1 is 0.897 bits per heavy atom. The molecule has 4 nitrogen and oxygen atoms in total. The monoisotopic (exact) mass is 636 g/mol. The van der Waals surface area contributed by atoms with Crippen molar-refractivity contribution in [2.75, 3.05) is 4.90 Å². The smallest absolute Gasteiger partial charge is 0.271 e. The molecule has 39 heavy (non-hydrogen) atoms. The highest BCUT2D eigenvalue weighted by molar-refractivity contribution is 9.10. The summed E-state index contributed by atoms with van der Waals surface area (Å²) in [4.78, 5) is 20.6. The average molecular weight is 638 g/mol.